The highest BCUT2D eigenvalue weighted by molar-refractivity contribution is 5.91. The Morgan fingerprint density at radius 3 is 2.76 bits per heavy atom. The van der Waals surface area contributed by atoms with Gasteiger partial charge in [0.25, 0.3) is 5.91 Å². The number of hydrogen-bond donors (Lipinski definition) is 3. The van der Waals surface area contributed by atoms with E-state index < -0.39 is 0 Å². The van der Waals surface area contributed by atoms with Crippen molar-refractivity contribution in [1.29, 1.82) is 0 Å². The number of carbonyl (C=O) groups excluding carboxylic acids is 1. The maximum Gasteiger partial charge on any atom is 0.287 e. The monoisotopic (exact) mass is 233 g/mol. The molecular formula is C12H11NO4. The largest absolute Gasteiger partial charge is 0.508 e. The Hall–Kier alpha value is -2.43. The van der Waals surface area contributed by atoms with Crippen LogP contribution in [0, 0.1) is 0 Å². The summed E-state index contributed by atoms with van der Waals surface area (Å²) in [4.78, 5) is 11.5. The lowest BCUT2D eigenvalue weighted by Crippen LogP contribution is -2.22. The molecule has 2 rings (SSSR count). The van der Waals surface area contributed by atoms with Crippen LogP contribution in [0.15, 0.2) is 41.0 Å². The van der Waals surface area contributed by atoms with Crippen molar-refractivity contribution in [3.05, 3.63) is 47.9 Å². The van der Waals surface area contributed by atoms with Gasteiger partial charge in [0, 0.05) is 18.2 Å². The lowest BCUT2D eigenvalue weighted by molar-refractivity contribution is 0.0923. The van der Waals surface area contributed by atoms with E-state index in [1.54, 1.807) is 12.1 Å². The van der Waals surface area contributed by atoms with Crippen molar-refractivity contribution in [2.75, 3.05) is 0 Å². The van der Waals surface area contributed by atoms with Gasteiger partial charge >= 0.3 is 0 Å². The van der Waals surface area contributed by atoms with Crippen molar-refractivity contribution >= 4 is 5.91 Å². The summed E-state index contributed by atoms with van der Waals surface area (Å²) < 4.78 is 4.92. The topological polar surface area (TPSA) is 82.7 Å². The van der Waals surface area contributed by atoms with Crippen molar-refractivity contribution in [3.63, 3.8) is 0 Å². The average molecular weight is 233 g/mol. The van der Waals surface area contributed by atoms with Gasteiger partial charge in [0.1, 0.15) is 11.5 Å². The third kappa shape index (κ3) is 2.57. The summed E-state index contributed by atoms with van der Waals surface area (Å²) in [5, 5.41) is 21.2. The molecule has 0 saturated carbocycles. The standard InChI is InChI=1S/C12H11NO4/c14-9-4-3-8(10(15)6-9)7-13-12(16)11-2-1-5-17-11/h1-6,14-15H,7H2,(H,13,16). The van der Waals surface area contributed by atoms with Gasteiger partial charge in [-0.25, -0.2) is 0 Å². The van der Waals surface area contributed by atoms with Crippen LogP contribution in [-0.2, 0) is 6.54 Å². The van der Waals surface area contributed by atoms with E-state index in [9.17, 15) is 9.90 Å². The summed E-state index contributed by atoms with van der Waals surface area (Å²) in [6.07, 6.45) is 1.41. The first kappa shape index (κ1) is 11.1. The Labute approximate surface area is 97.3 Å². The lowest BCUT2D eigenvalue weighted by Gasteiger charge is -2.06. The first-order valence-electron chi connectivity index (χ1n) is 4.99. The van der Waals surface area contributed by atoms with Crippen molar-refractivity contribution in [3.8, 4) is 11.5 Å². The number of nitrogens with one attached hydrogen (secondary N) is 1. The van der Waals surface area contributed by atoms with Crippen molar-refractivity contribution in [2.24, 2.45) is 0 Å². The van der Waals surface area contributed by atoms with Crippen LogP contribution in [0.4, 0.5) is 0 Å². The summed E-state index contributed by atoms with van der Waals surface area (Å²) >= 11 is 0. The smallest absolute Gasteiger partial charge is 0.287 e. The molecule has 0 fully saturated rings. The quantitative estimate of drug-likeness (QED) is 0.752. The third-order valence-electron chi connectivity index (χ3n) is 2.25. The molecule has 0 radical (unpaired) electrons. The van der Waals surface area contributed by atoms with Crippen LogP contribution in [0.5, 0.6) is 11.5 Å². The highest BCUT2D eigenvalue weighted by Crippen LogP contribution is 2.22. The summed E-state index contributed by atoms with van der Waals surface area (Å²) in [6, 6.07) is 7.36. The van der Waals surface area contributed by atoms with Crippen molar-refractivity contribution in [2.45, 2.75) is 6.54 Å². The van der Waals surface area contributed by atoms with Gasteiger partial charge in [-0.3, -0.25) is 4.79 Å². The van der Waals surface area contributed by atoms with E-state index in [1.807, 2.05) is 0 Å². The molecule has 1 aromatic heterocycles. The molecule has 17 heavy (non-hydrogen) atoms. The number of rotatable bonds is 3. The Kier molecular flexibility index (Phi) is 3.00. The number of aromatic hydroxyl groups is 2. The van der Waals surface area contributed by atoms with Crippen LogP contribution >= 0.6 is 0 Å². The van der Waals surface area contributed by atoms with Crippen LogP contribution in [0.3, 0.4) is 0 Å². The maximum atomic E-state index is 11.5. The Morgan fingerprint density at radius 1 is 1.29 bits per heavy atom. The average Bonchev–Trinajstić information content (AvgIpc) is 2.81. The number of amides is 1. The summed E-state index contributed by atoms with van der Waals surface area (Å²) in [6.45, 7) is 0.158. The molecule has 1 aromatic carbocycles. The number of phenolic OH excluding ortho intramolecular Hbond substituents is 2. The number of furan rings is 1. The molecule has 5 heteroatoms. The minimum Gasteiger partial charge on any atom is -0.508 e. The Bertz CT molecular complexity index is 519. The van der Waals surface area contributed by atoms with Gasteiger partial charge in [-0.15, -0.1) is 0 Å². The molecule has 0 aliphatic heterocycles. The maximum absolute atomic E-state index is 11.5. The van der Waals surface area contributed by atoms with Crippen molar-refractivity contribution in [1.82, 2.24) is 5.32 Å². The molecule has 0 saturated heterocycles. The molecule has 0 unspecified atom stereocenters. The highest BCUT2D eigenvalue weighted by Gasteiger charge is 2.09. The molecular weight excluding hydrogens is 222 g/mol. The van der Waals surface area contributed by atoms with Gasteiger partial charge in [-0.2, -0.15) is 0 Å². The molecule has 0 spiro atoms. The molecule has 1 heterocycles. The molecule has 0 atom stereocenters. The first-order valence-corrected chi connectivity index (χ1v) is 4.99. The Balaban J connectivity index is 2.01. The van der Waals surface area contributed by atoms with E-state index >= 15 is 0 Å². The van der Waals surface area contributed by atoms with Crippen LogP contribution in [0.25, 0.3) is 0 Å². The van der Waals surface area contributed by atoms with Gasteiger partial charge in [0.05, 0.1) is 6.26 Å². The number of phenols is 2. The molecule has 0 aliphatic rings. The number of benzene rings is 1. The van der Waals surface area contributed by atoms with E-state index in [1.165, 1.54) is 24.5 Å². The highest BCUT2D eigenvalue weighted by atomic mass is 16.3. The SMILES string of the molecule is O=C(NCc1ccc(O)cc1O)c1ccco1. The lowest BCUT2D eigenvalue weighted by atomic mass is 10.2. The molecule has 88 valence electrons. The van der Waals surface area contributed by atoms with E-state index in [-0.39, 0.29) is 29.7 Å². The predicted octanol–water partition coefficient (Wildman–Crippen LogP) is 1.62. The second-order valence-electron chi connectivity index (χ2n) is 3.47. The second kappa shape index (κ2) is 4.61. The van der Waals surface area contributed by atoms with Crippen LogP contribution in [0.1, 0.15) is 16.1 Å². The minimum absolute atomic E-state index is 0.0244. The fourth-order valence-electron chi connectivity index (χ4n) is 1.37. The fourth-order valence-corrected chi connectivity index (χ4v) is 1.37. The van der Waals surface area contributed by atoms with Gasteiger partial charge in [0.2, 0.25) is 0 Å². The van der Waals surface area contributed by atoms with Crippen LogP contribution in [0.2, 0.25) is 0 Å². The summed E-state index contributed by atoms with van der Waals surface area (Å²) in [5.74, 6) is -0.237. The zero-order valence-corrected chi connectivity index (χ0v) is 8.88. The summed E-state index contributed by atoms with van der Waals surface area (Å²) in [5.41, 5.74) is 0.516. The number of carbonyl (C=O) groups is 1. The van der Waals surface area contributed by atoms with Gasteiger partial charge < -0.3 is 19.9 Å². The fraction of sp³-hybridized carbons (Fsp3) is 0.0833. The molecule has 1 amide bonds. The summed E-state index contributed by atoms with van der Waals surface area (Å²) in [7, 11) is 0. The minimum atomic E-state index is -0.359. The molecule has 5 nitrogen and oxygen atoms in total. The zero-order valence-electron chi connectivity index (χ0n) is 8.88. The van der Waals surface area contributed by atoms with Gasteiger partial charge in [0.15, 0.2) is 5.76 Å². The molecule has 3 N–H and O–H groups in total. The first-order chi connectivity index (χ1) is 8.16. The van der Waals surface area contributed by atoms with Crippen molar-refractivity contribution < 1.29 is 19.4 Å². The normalized spacial score (nSPS) is 10.1. The molecule has 2 aromatic rings. The van der Waals surface area contributed by atoms with E-state index in [4.69, 9.17) is 9.52 Å². The van der Waals surface area contributed by atoms with E-state index in [2.05, 4.69) is 5.32 Å². The van der Waals surface area contributed by atoms with Crippen LogP contribution < -0.4 is 5.32 Å². The Morgan fingerprint density at radius 2 is 2.12 bits per heavy atom. The van der Waals surface area contributed by atoms with Gasteiger partial charge in [-0.05, 0) is 24.3 Å². The van der Waals surface area contributed by atoms with Crippen LogP contribution in [-0.4, -0.2) is 16.1 Å². The zero-order chi connectivity index (χ0) is 12.3. The third-order valence-corrected chi connectivity index (χ3v) is 2.25. The molecule has 0 aliphatic carbocycles. The van der Waals surface area contributed by atoms with Gasteiger partial charge in [-0.1, -0.05) is 0 Å². The number of hydrogen-bond acceptors (Lipinski definition) is 4. The van der Waals surface area contributed by atoms with E-state index in [0.717, 1.165) is 0 Å². The predicted molar refractivity (Wildman–Crippen MR) is 59.6 cm³/mol. The second-order valence-corrected chi connectivity index (χ2v) is 3.47. The van der Waals surface area contributed by atoms with E-state index in [0.29, 0.717) is 5.56 Å². The molecule has 0 bridgehead atoms.